The minimum Gasteiger partial charge on any atom is -0.481 e. The highest BCUT2D eigenvalue weighted by Crippen LogP contribution is 2.46. The quantitative estimate of drug-likeness (QED) is 0.652. The number of aliphatic carboxylic acids is 1. The number of aromatic nitrogens is 1. The molecular weight excluding hydrogens is 406 g/mol. The van der Waals surface area contributed by atoms with E-state index in [2.05, 4.69) is 15.9 Å². The molecule has 5 rings (SSSR count). The van der Waals surface area contributed by atoms with Gasteiger partial charge in [-0.1, -0.05) is 47.2 Å². The molecule has 0 unspecified atom stereocenters. The second kappa shape index (κ2) is 7.27. The van der Waals surface area contributed by atoms with Gasteiger partial charge in [-0.05, 0) is 42.2 Å². The fourth-order valence-corrected chi connectivity index (χ4v) is 5.44. The van der Waals surface area contributed by atoms with Gasteiger partial charge in [-0.2, -0.15) is 0 Å². The van der Waals surface area contributed by atoms with Gasteiger partial charge in [0.25, 0.3) is 0 Å². The molecule has 0 amide bonds. The average molecular weight is 428 g/mol. The zero-order valence-corrected chi connectivity index (χ0v) is 17.5. The Morgan fingerprint density at radius 1 is 1.17 bits per heavy atom. The maximum atomic E-state index is 11.0. The van der Waals surface area contributed by atoms with E-state index >= 15 is 0 Å². The molecule has 1 aliphatic heterocycles. The van der Waals surface area contributed by atoms with Crippen molar-refractivity contribution < 1.29 is 9.90 Å². The lowest BCUT2D eigenvalue weighted by Gasteiger charge is -2.42. The number of hydrogen-bond acceptors (Lipinski definition) is 5. The first-order valence-electron chi connectivity index (χ1n) is 9.87. The SMILES string of the molecule is O=C(O)Cc1cccc(CN2CCN(c3nc4cc(Cl)ccc4s3)CC23CC3)c1. The maximum absolute atomic E-state index is 11.0. The lowest BCUT2D eigenvalue weighted by atomic mass is 10.1. The molecule has 0 radical (unpaired) electrons. The first-order valence-corrected chi connectivity index (χ1v) is 11.1. The summed E-state index contributed by atoms with van der Waals surface area (Å²) in [5, 5.41) is 10.9. The largest absolute Gasteiger partial charge is 0.481 e. The van der Waals surface area contributed by atoms with E-state index in [1.165, 1.54) is 23.1 Å². The Bertz CT molecular complexity index is 1080. The van der Waals surface area contributed by atoms with Gasteiger partial charge in [-0.3, -0.25) is 9.69 Å². The van der Waals surface area contributed by atoms with Crippen LogP contribution in [0.2, 0.25) is 5.02 Å². The zero-order valence-electron chi connectivity index (χ0n) is 16.0. The van der Waals surface area contributed by atoms with E-state index in [0.29, 0.717) is 0 Å². The van der Waals surface area contributed by atoms with E-state index in [4.69, 9.17) is 21.7 Å². The van der Waals surface area contributed by atoms with Crippen LogP contribution in [-0.2, 0) is 17.8 Å². The molecule has 150 valence electrons. The van der Waals surface area contributed by atoms with Crippen molar-refractivity contribution in [3.05, 3.63) is 58.6 Å². The molecule has 2 aromatic carbocycles. The van der Waals surface area contributed by atoms with Crippen molar-refractivity contribution in [3.8, 4) is 0 Å². The van der Waals surface area contributed by atoms with E-state index in [1.54, 1.807) is 11.3 Å². The molecule has 5 nitrogen and oxygen atoms in total. The molecule has 2 aliphatic rings. The Hall–Kier alpha value is -2.15. The van der Waals surface area contributed by atoms with Crippen LogP contribution in [0.1, 0.15) is 24.0 Å². The first-order chi connectivity index (χ1) is 14.0. The summed E-state index contributed by atoms with van der Waals surface area (Å²) in [7, 11) is 0. The second-order valence-electron chi connectivity index (χ2n) is 8.07. The zero-order chi connectivity index (χ0) is 20.0. The van der Waals surface area contributed by atoms with Crippen LogP contribution in [0.15, 0.2) is 42.5 Å². The van der Waals surface area contributed by atoms with Gasteiger partial charge >= 0.3 is 5.97 Å². The molecule has 1 aliphatic carbocycles. The minimum absolute atomic E-state index is 0.0778. The number of carbonyl (C=O) groups is 1. The Morgan fingerprint density at radius 2 is 2.00 bits per heavy atom. The van der Waals surface area contributed by atoms with E-state index < -0.39 is 5.97 Å². The van der Waals surface area contributed by atoms with Crippen molar-refractivity contribution in [3.63, 3.8) is 0 Å². The third-order valence-corrected chi connectivity index (χ3v) is 7.28. The number of piperazine rings is 1. The van der Waals surface area contributed by atoms with Crippen molar-refractivity contribution in [2.75, 3.05) is 24.5 Å². The monoisotopic (exact) mass is 427 g/mol. The lowest BCUT2D eigenvalue weighted by Crippen LogP contribution is -2.54. The van der Waals surface area contributed by atoms with Crippen molar-refractivity contribution in [2.24, 2.45) is 0 Å². The van der Waals surface area contributed by atoms with Crippen LogP contribution >= 0.6 is 22.9 Å². The average Bonchev–Trinajstić information content (AvgIpc) is 3.31. The van der Waals surface area contributed by atoms with Gasteiger partial charge in [-0.25, -0.2) is 4.98 Å². The Labute approximate surface area is 178 Å². The summed E-state index contributed by atoms with van der Waals surface area (Å²) in [4.78, 5) is 20.8. The molecule has 2 heterocycles. The molecule has 2 fully saturated rings. The van der Waals surface area contributed by atoms with E-state index in [-0.39, 0.29) is 12.0 Å². The molecule has 1 spiro atoms. The number of carboxylic acid groups (broad SMARTS) is 1. The summed E-state index contributed by atoms with van der Waals surface area (Å²) < 4.78 is 1.17. The molecule has 1 saturated heterocycles. The highest BCUT2D eigenvalue weighted by molar-refractivity contribution is 7.22. The fraction of sp³-hybridized carbons (Fsp3) is 0.364. The van der Waals surface area contributed by atoms with Crippen LogP contribution in [0.3, 0.4) is 0 Å². The second-order valence-corrected chi connectivity index (χ2v) is 9.51. The van der Waals surface area contributed by atoms with Crippen molar-refractivity contribution in [1.82, 2.24) is 9.88 Å². The summed E-state index contributed by atoms with van der Waals surface area (Å²) in [5.41, 5.74) is 3.25. The number of hydrogen-bond donors (Lipinski definition) is 1. The van der Waals surface area contributed by atoms with Gasteiger partial charge in [-0.15, -0.1) is 0 Å². The smallest absolute Gasteiger partial charge is 0.307 e. The number of nitrogens with zero attached hydrogens (tertiary/aromatic N) is 3. The number of thiazole rings is 1. The molecule has 7 heteroatoms. The maximum Gasteiger partial charge on any atom is 0.307 e. The summed E-state index contributed by atoms with van der Waals surface area (Å²) in [6.45, 7) is 3.80. The normalized spacial score (nSPS) is 18.4. The number of benzene rings is 2. The van der Waals surface area contributed by atoms with Gasteiger partial charge in [0, 0.05) is 36.7 Å². The molecule has 0 bridgehead atoms. The number of carboxylic acids is 1. The van der Waals surface area contributed by atoms with Gasteiger partial charge < -0.3 is 10.0 Å². The molecular formula is C22H22ClN3O2S. The fourth-order valence-electron chi connectivity index (χ4n) is 4.30. The predicted octanol–water partition coefficient (Wildman–Crippen LogP) is 4.43. The summed E-state index contributed by atoms with van der Waals surface area (Å²) in [5.74, 6) is -0.786. The van der Waals surface area contributed by atoms with E-state index in [0.717, 1.165) is 47.4 Å². The highest BCUT2D eigenvalue weighted by Gasteiger charge is 2.51. The van der Waals surface area contributed by atoms with Crippen LogP contribution in [0.25, 0.3) is 10.2 Å². The summed E-state index contributed by atoms with van der Waals surface area (Å²) in [6, 6.07) is 13.9. The number of fused-ring (bicyclic) bond motifs is 1. The standard InChI is InChI=1S/C22H22ClN3O2S/c23-17-4-5-19-18(12-17)24-21(29-19)25-8-9-26(22(14-25)6-7-22)13-16-3-1-2-15(10-16)11-20(27)28/h1-5,10,12H,6-9,11,13-14H2,(H,27,28). The van der Waals surface area contributed by atoms with E-state index in [9.17, 15) is 4.79 Å². The third kappa shape index (κ3) is 3.84. The van der Waals surface area contributed by atoms with Crippen LogP contribution in [0.5, 0.6) is 0 Å². The van der Waals surface area contributed by atoms with Gasteiger partial charge in [0.1, 0.15) is 0 Å². The Morgan fingerprint density at radius 3 is 2.79 bits per heavy atom. The summed E-state index contributed by atoms with van der Waals surface area (Å²) in [6.07, 6.45) is 2.48. The molecule has 29 heavy (non-hydrogen) atoms. The molecule has 1 aromatic heterocycles. The molecule has 1 saturated carbocycles. The summed E-state index contributed by atoms with van der Waals surface area (Å²) >= 11 is 7.85. The predicted molar refractivity (Wildman–Crippen MR) is 117 cm³/mol. The van der Waals surface area contributed by atoms with E-state index in [1.807, 2.05) is 36.4 Å². The third-order valence-electron chi connectivity index (χ3n) is 5.95. The van der Waals surface area contributed by atoms with Gasteiger partial charge in [0.05, 0.1) is 16.6 Å². The Kier molecular flexibility index (Phi) is 4.73. The van der Waals surface area contributed by atoms with Crippen LogP contribution < -0.4 is 4.90 Å². The van der Waals surface area contributed by atoms with Crippen LogP contribution in [-0.4, -0.2) is 46.1 Å². The van der Waals surface area contributed by atoms with Gasteiger partial charge in [0.2, 0.25) is 0 Å². The van der Waals surface area contributed by atoms with Crippen LogP contribution in [0, 0.1) is 0 Å². The first kappa shape index (κ1) is 18.9. The molecule has 1 N–H and O–H groups in total. The van der Waals surface area contributed by atoms with Crippen molar-refractivity contribution >= 4 is 44.3 Å². The topological polar surface area (TPSA) is 56.7 Å². The Balaban J connectivity index is 1.31. The van der Waals surface area contributed by atoms with Crippen molar-refractivity contribution in [1.29, 1.82) is 0 Å². The van der Waals surface area contributed by atoms with Crippen molar-refractivity contribution in [2.45, 2.75) is 31.3 Å². The highest BCUT2D eigenvalue weighted by atomic mass is 35.5. The minimum atomic E-state index is -0.786. The number of rotatable bonds is 5. The molecule has 0 atom stereocenters. The lowest BCUT2D eigenvalue weighted by molar-refractivity contribution is -0.136. The van der Waals surface area contributed by atoms with Crippen LogP contribution in [0.4, 0.5) is 5.13 Å². The molecule has 3 aromatic rings. The number of halogens is 1. The van der Waals surface area contributed by atoms with Gasteiger partial charge in [0.15, 0.2) is 5.13 Å². The number of anilines is 1.